The Bertz CT molecular complexity index is 810. The van der Waals surface area contributed by atoms with Gasteiger partial charge in [-0.1, -0.05) is 30.3 Å². The number of thiazole rings is 1. The van der Waals surface area contributed by atoms with E-state index in [0.29, 0.717) is 0 Å². The van der Waals surface area contributed by atoms with Crippen LogP contribution < -0.4 is 10.2 Å². The maximum absolute atomic E-state index is 12.2. The van der Waals surface area contributed by atoms with E-state index < -0.39 is 0 Å². The number of aromatic nitrogens is 1. The maximum Gasteiger partial charge on any atom is 0.230 e. The highest BCUT2D eigenvalue weighted by Gasteiger charge is 2.09. The molecule has 0 saturated heterocycles. The molecule has 0 aliphatic rings. The van der Waals surface area contributed by atoms with Gasteiger partial charge in [0.05, 0.1) is 12.1 Å². The van der Waals surface area contributed by atoms with Gasteiger partial charge in [0.1, 0.15) is 5.01 Å². The topological polar surface area (TPSA) is 45.2 Å². The Balaban J connectivity index is 1.62. The first kappa shape index (κ1) is 16.2. The second-order valence-corrected chi connectivity index (χ2v) is 6.53. The third-order valence-corrected chi connectivity index (χ3v) is 4.52. The van der Waals surface area contributed by atoms with E-state index in [1.165, 1.54) is 0 Å². The molecule has 1 aromatic heterocycles. The van der Waals surface area contributed by atoms with Gasteiger partial charge in [-0.2, -0.15) is 0 Å². The SMILES string of the molecule is CN(C)c1ccc(NC(=O)Cc2csc(-c3ccccc3)n2)cc1. The molecule has 0 spiro atoms. The van der Waals surface area contributed by atoms with Crippen LogP contribution >= 0.6 is 11.3 Å². The van der Waals surface area contributed by atoms with Gasteiger partial charge in [0, 0.05) is 36.4 Å². The van der Waals surface area contributed by atoms with Crippen molar-refractivity contribution in [2.45, 2.75) is 6.42 Å². The van der Waals surface area contributed by atoms with Gasteiger partial charge in [0.2, 0.25) is 5.91 Å². The lowest BCUT2D eigenvalue weighted by molar-refractivity contribution is -0.115. The summed E-state index contributed by atoms with van der Waals surface area (Å²) in [5.74, 6) is -0.0579. The second kappa shape index (κ2) is 7.27. The number of hydrogen-bond donors (Lipinski definition) is 1. The molecule has 0 fully saturated rings. The summed E-state index contributed by atoms with van der Waals surface area (Å²) in [6, 6.07) is 17.8. The number of anilines is 2. The van der Waals surface area contributed by atoms with Gasteiger partial charge in [-0.25, -0.2) is 4.98 Å². The summed E-state index contributed by atoms with van der Waals surface area (Å²) in [5.41, 5.74) is 3.76. The molecule has 5 heteroatoms. The summed E-state index contributed by atoms with van der Waals surface area (Å²) in [6.07, 6.45) is 0.277. The molecular weight excluding hydrogens is 318 g/mol. The zero-order chi connectivity index (χ0) is 16.9. The predicted molar refractivity (Wildman–Crippen MR) is 101 cm³/mol. The van der Waals surface area contributed by atoms with E-state index in [0.717, 1.165) is 27.6 Å². The fourth-order valence-electron chi connectivity index (χ4n) is 2.31. The molecule has 0 radical (unpaired) electrons. The lowest BCUT2D eigenvalue weighted by Gasteiger charge is -2.12. The molecule has 2 aromatic carbocycles. The number of carbonyl (C=O) groups is 1. The minimum Gasteiger partial charge on any atom is -0.378 e. The van der Waals surface area contributed by atoms with E-state index in [4.69, 9.17) is 0 Å². The van der Waals surface area contributed by atoms with Gasteiger partial charge in [-0.15, -0.1) is 11.3 Å². The van der Waals surface area contributed by atoms with Crippen LogP contribution in [0.5, 0.6) is 0 Å². The number of amides is 1. The highest BCUT2D eigenvalue weighted by Crippen LogP contribution is 2.23. The first-order valence-electron chi connectivity index (χ1n) is 7.69. The standard InChI is InChI=1S/C19H19N3OS/c1-22(2)17-10-8-15(9-11-17)20-18(23)12-16-13-24-19(21-16)14-6-4-3-5-7-14/h3-11,13H,12H2,1-2H3,(H,20,23). The van der Waals surface area contributed by atoms with E-state index in [9.17, 15) is 4.79 Å². The second-order valence-electron chi connectivity index (χ2n) is 5.68. The van der Waals surface area contributed by atoms with E-state index in [2.05, 4.69) is 10.3 Å². The Morgan fingerprint density at radius 1 is 1.08 bits per heavy atom. The van der Waals surface area contributed by atoms with Crippen molar-refractivity contribution in [3.63, 3.8) is 0 Å². The first-order valence-corrected chi connectivity index (χ1v) is 8.57. The van der Waals surface area contributed by atoms with Crippen LogP contribution in [0.2, 0.25) is 0 Å². The molecule has 4 nitrogen and oxygen atoms in total. The van der Waals surface area contributed by atoms with Crippen molar-refractivity contribution >= 4 is 28.6 Å². The number of nitrogens with zero attached hydrogens (tertiary/aromatic N) is 2. The summed E-state index contributed by atoms with van der Waals surface area (Å²) in [4.78, 5) is 18.8. The van der Waals surface area contributed by atoms with Crippen LogP contribution in [0.25, 0.3) is 10.6 Å². The largest absolute Gasteiger partial charge is 0.378 e. The molecule has 3 rings (SSSR count). The molecule has 0 unspecified atom stereocenters. The summed E-state index contributed by atoms with van der Waals surface area (Å²) < 4.78 is 0. The fraction of sp³-hybridized carbons (Fsp3) is 0.158. The summed E-state index contributed by atoms with van der Waals surface area (Å²) >= 11 is 1.56. The smallest absolute Gasteiger partial charge is 0.230 e. The number of nitrogens with one attached hydrogen (secondary N) is 1. The van der Waals surface area contributed by atoms with Crippen LogP contribution in [0.1, 0.15) is 5.69 Å². The summed E-state index contributed by atoms with van der Waals surface area (Å²) in [7, 11) is 3.97. The van der Waals surface area contributed by atoms with Crippen LogP contribution in [-0.4, -0.2) is 25.0 Å². The van der Waals surface area contributed by atoms with Crippen molar-refractivity contribution in [2.75, 3.05) is 24.3 Å². The monoisotopic (exact) mass is 337 g/mol. The molecule has 0 bridgehead atoms. The molecule has 122 valence electrons. The Kier molecular flexibility index (Phi) is 4.91. The minimum absolute atomic E-state index is 0.0579. The van der Waals surface area contributed by atoms with Gasteiger partial charge < -0.3 is 10.2 Å². The molecule has 1 amide bonds. The molecule has 0 saturated carbocycles. The van der Waals surface area contributed by atoms with Crippen LogP contribution in [-0.2, 0) is 11.2 Å². The van der Waals surface area contributed by atoms with Gasteiger partial charge >= 0.3 is 0 Å². The highest BCUT2D eigenvalue weighted by atomic mass is 32.1. The predicted octanol–water partition coefficient (Wildman–Crippen LogP) is 4.06. The van der Waals surface area contributed by atoms with Gasteiger partial charge in [0.25, 0.3) is 0 Å². The van der Waals surface area contributed by atoms with Crippen molar-refractivity contribution in [3.05, 3.63) is 65.7 Å². The van der Waals surface area contributed by atoms with Crippen molar-refractivity contribution in [3.8, 4) is 10.6 Å². The molecule has 0 aliphatic heterocycles. The van der Waals surface area contributed by atoms with E-state index >= 15 is 0 Å². The Morgan fingerprint density at radius 2 is 1.79 bits per heavy atom. The summed E-state index contributed by atoms with van der Waals surface area (Å²) in [5, 5.41) is 5.79. The van der Waals surface area contributed by atoms with Crippen LogP contribution in [0.3, 0.4) is 0 Å². The van der Waals surface area contributed by atoms with Gasteiger partial charge in [-0.3, -0.25) is 4.79 Å². The molecule has 1 N–H and O–H groups in total. The van der Waals surface area contributed by atoms with Crippen molar-refractivity contribution in [1.29, 1.82) is 0 Å². The zero-order valence-corrected chi connectivity index (χ0v) is 14.5. The highest BCUT2D eigenvalue weighted by molar-refractivity contribution is 7.13. The van der Waals surface area contributed by atoms with E-state index in [1.54, 1.807) is 11.3 Å². The minimum atomic E-state index is -0.0579. The summed E-state index contributed by atoms with van der Waals surface area (Å²) in [6.45, 7) is 0. The average molecular weight is 337 g/mol. The Morgan fingerprint density at radius 3 is 2.46 bits per heavy atom. The zero-order valence-electron chi connectivity index (χ0n) is 13.7. The molecule has 3 aromatic rings. The normalized spacial score (nSPS) is 10.4. The van der Waals surface area contributed by atoms with E-state index in [1.807, 2.05) is 79.0 Å². The molecule has 1 heterocycles. The van der Waals surface area contributed by atoms with Crippen LogP contribution in [0.4, 0.5) is 11.4 Å². The quantitative estimate of drug-likeness (QED) is 0.764. The number of rotatable bonds is 5. The van der Waals surface area contributed by atoms with Gasteiger partial charge in [-0.05, 0) is 24.3 Å². The Labute approximate surface area is 145 Å². The average Bonchev–Trinajstić information content (AvgIpc) is 3.04. The van der Waals surface area contributed by atoms with Crippen molar-refractivity contribution in [1.82, 2.24) is 4.98 Å². The molecule has 24 heavy (non-hydrogen) atoms. The lowest BCUT2D eigenvalue weighted by atomic mass is 10.2. The van der Waals surface area contributed by atoms with E-state index in [-0.39, 0.29) is 12.3 Å². The van der Waals surface area contributed by atoms with Crippen LogP contribution in [0, 0.1) is 0 Å². The lowest BCUT2D eigenvalue weighted by Crippen LogP contribution is -2.15. The van der Waals surface area contributed by atoms with Crippen LogP contribution in [0.15, 0.2) is 60.0 Å². The Hall–Kier alpha value is -2.66. The number of carbonyl (C=O) groups excluding carboxylic acids is 1. The molecule has 0 atom stereocenters. The van der Waals surface area contributed by atoms with Gasteiger partial charge in [0.15, 0.2) is 0 Å². The fourth-order valence-corrected chi connectivity index (χ4v) is 3.14. The third-order valence-electron chi connectivity index (χ3n) is 3.58. The van der Waals surface area contributed by atoms with Crippen molar-refractivity contribution < 1.29 is 4.79 Å². The third kappa shape index (κ3) is 4.00. The number of hydrogen-bond acceptors (Lipinski definition) is 4. The maximum atomic E-state index is 12.2. The van der Waals surface area contributed by atoms with Crippen molar-refractivity contribution in [2.24, 2.45) is 0 Å². The molecule has 0 aliphatic carbocycles. The molecular formula is C19H19N3OS. The first-order chi connectivity index (χ1) is 11.6. The number of benzene rings is 2.